The molecule has 9 nitrogen and oxygen atoms in total. The van der Waals surface area contributed by atoms with E-state index >= 15 is 0 Å². The van der Waals surface area contributed by atoms with Crippen molar-refractivity contribution in [2.45, 2.75) is 25.8 Å². The van der Waals surface area contributed by atoms with Gasteiger partial charge in [0.2, 0.25) is 11.7 Å². The van der Waals surface area contributed by atoms with Gasteiger partial charge in [0.05, 0.1) is 23.3 Å². The van der Waals surface area contributed by atoms with Gasteiger partial charge in [-0.15, -0.1) is 5.10 Å². The maximum Gasteiger partial charge on any atom is 0.251 e. The SMILES string of the molecule is Cc1cc(-c2cnc3c(NCCS(C)(=O)=O)cc(Oc4cccc(F)c4F)nn23)ccc1C(=O)NC1CC1. The maximum absolute atomic E-state index is 14.3. The Morgan fingerprint density at radius 2 is 1.97 bits per heavy atom. The highest BCUT2D eigenvalue weighted by Gasteiger charge is 2.25. The van der Waals surface area contributed by atoms with Gasteiger partial charge in [-0.3, -0.25) is 4.79 Å². The highest BCUT2D eigenvalue weighted by Crippen LogP contribution is 2.31. The third-order valence-electron chi connectivity index (χ3n) is 6.04. The van der Waals surface area contributed by atoms with E-state index in [-0.39, 0.29) is 35.9 Å². The molecule has 2 aromatic heterocycles. The molecule has 1 saturated carbocycles. The summed E-state index contributed by atoms with van der Waals surface area (Å²) in [6.45, 7) is 1.92. The van der Waals surface area contributed by atoms with Gasteiger partial charge in [0.15, 0.2) is 17.2 Å². The number of aryl methyl sites for hydroxylation is 1. The van der Waals surface area contributed by atoms with Gasteiger partial charge in [-0.05, 0) is 49.6 Å². The molecule has 1 amide bonds. The Bertz CT molecular complexity index is 1650. The summed E-state index contributed by atoms with van der Waals surface area (Å²) in [5, 5.41) is 10.4. The molecule has 198 valence electrons. The normalized spacial score (nSPS) is 13.5. The number of aromatic nitrogens is 3. The standard InChI is InChI=1S/C26H25F2N5O4S/c1-15-12-16(6-9-18(15)26(34)31-17-7-8-17)21-14-30-25-20(29-10-11-38(2,35)36)13-23(32-33(21)25)37-22-5-3-4-19(27)24(22)28/h3-6,9,12-14,17,29H,7-8,10-11H2,1-2H3,(H,31,34). The molecule has 0 spiro atoms. The van der Waals surface area contributed by atoms with Crippen molar-refractivity contribution in [2.75, 3.05) is 23.9 Å². The number of carbonyl (C=O) groups excluding carboxylic acids is 1. The van der Waals surface area contributed by atoms with Crippen molar-refractivity contribution in [1.82, 2.24) is 19.9 Å². The number of nitrogens with zero attached hydrogens (tertiary/aromatic N) is 3. The van der Waals surface area contributed by atoms with E-state index in [0.29, 0.717) is 28.2 Å². The summed E-state index contributed by atoms with van der Waals surface area (Å²) in [4.78, 5) is 17.0. The number of rotatable bonds is 9. The van der Waals surface area contributed by atoms with Crippen LogP contribution in [-0.2, 0) is 9.84 Å². The molecule has 0 radical (unpaired) electrons. The average Bonchev–Trinajstić information content (AvgIpc) is 3.56. The number of nitrogens with one attached hydrogen (secondary N) is 2. The van der Waals surface area contributed by atoms with Crippen molar-refractivity contribution in [3.05, 3.63) is 71.4 Å². The van der Waals surface area contributed by atoms with Crippen LogP contribution in [0.2, 0.25) is 0 Å². The van der Waals surface area contributed by atoms with Crippen LogP contribution >= 0.6 is 0 Å². The summed E-state index contributed by atoms with van der Waals surface area (Å²) < 4.78 is 58.3. The molecule has 2 N–H and O–H groups in total. The second-order valence-corrected chi connectivity index (χ2v) is 11.5. The van der Waals surface area contributed by atoms with Crippen molar-refractivity contribution >= 4 is 27.1 Å². The van der Waals surface area contributed by atoms with Gasteiger partial charge in [-0.25, -0.2) is 22.3 Å². The third-order valence-corrected chi connectivity index (χ3v) is 6.99. The van der Waals surface area contributed by atoms with Crippen molar-refractivity contribution in [2.24, 2.45) is 0 Å². The molecule has 12 heteroatoms. The molecule has 0 bridgehead atoms. The molecule has 1 aliphatic carbocycles. The van der Waals surface area contributed by atoms with E-state index in [9.17, 15) is 22.0 Å². The number of anilines is 1. The molecule has 0 unspecified atom stereocenters. The van der Waals surface area contributed by atoms with E-state index < -0.39 is 21.5 Å². The van der Waals surface area contributed by atoms with E-state index in [1.807, 2.05) is 13.0 Å². The summed E-state index contributed by atoms with van der Waals surface area (Å²) in [6.07, 6.45) is 4.68. The lowest BCUT2D eigenvalue weighted by molar-refractivity contribution is 0.0950. The minimum atomic E-state index is -3.23. The number of imidazole rings is 1. The fourth-order valence-corrected chi connectivity index (χ4v) is 4.41. The molecular weight excluding hydrogens is 516 g/mol. The predicted molar refractivity (Wildman–Crippen MR) is 138 cm³/mol. The predicted octanol–water partition coefficient (Wildman–Crippen LogP) is 4.12. The van der Waals surface area contributed by atoms with Gasteiger partial charge >= 0.3 is 0 Å². The Balaban J connectivity index is 1.54. The Morgan fingerprint density at radius 3 is 2.68 bits per heavy atom. The zero-order chi connectivity index (χ0) is 27.0. The zero-order valence-electron chi connectivity index (χ0n) is 20.7. The van der Waals surface area contributed by atoms with Crippen LogP contribution in [0.1, 0.15) is 28.8 Å². The van der Waals surface area contributed by atoms with Crippen LogP contribution in [0.5, 0.6) is 11.6 Å². The lowest BCUT2D eigenvalue weighted by Gasteiger charge is -2.12. The fourth-order valence-electron chi connectivity index (χ4n) is 3.94. The van der Waals surface area contributed by atoms with Crippen LogP contribution in [0.25, 0.3) is 16.9 Å². The molecule has 0 atom stereocenters. The van der Waals surface area contributed by atoms with E-state index in [1.54, 1.807) is 18.3 Å². The summed E-state index contributed by atoms with van der Waals surface area (Å²) in [7, 11) is -3.23. The Labute approximate surface area is 217 Å². The van der Waals surface area contributed by atoms with Gasteiger partial charge in [0.1, 0.15) is 9.84 Å². The van der Waals surface area contributed by atoms with Crippen molar-refractivity contribution < 1.29 is 26.7 Å². The number of carbonyl (C=O) groups is 1. The van der Waals surface area contributed by atoms with E-state index in [4.69, 9.17) is 4.74 Å². The van der Waals surface area contributed by atoms with Gasteiger partial charge in [0.25, 0.3) is 5.91 Å². The number of sulfone groups is 1. The van der Waals surface area contributed by atoms with Crippen LogP contribution in [0, 0.1) is 18.6 Å². The Hall–Kier alpha value is -4.06. The molecule has 4 aromatic rings. The van der Waals surface area contributed by atoms with Gasteiger partial charge in [-0.2, -0.15) is 4.39 Å². The fraction of sp³-hybridized carbons (Fsp3) is 0.269. The first-order valence-electron chi connectivity index (χ1n) is 11.9. The van der Waals surface area contributed by atoms with Gasteiger partial charge in [-0.1, -0.05) is 12.1 Å². The Kier molecular flexibility index (Phi) is 6.74. The summed E-state index contributed by atoms with van der Waals surface area (Å²) in [5.41, 5.74) is 3.34. The number of benzene rings is 2. The molecule has 0 aliphatic heterocycles. The first-order valence-corrected chi connectivity index (χ1v) is 14.0. The summed E-state index contributed by atoms with van der Waals surface area (Å²) >= 11 is 0. The van der Waals surface area contributed by atoms with Crippen LogP contribution in [0.3, 0.4) is 0 Å². The van der Waals surface area contributed by atoms with Crippen LogP contribution < -0.4 is 15.4 Å². The highest BCUT2D eigenvalue weighted by atomic mass is 32.2. The summed E-state index contributed by atoms with van der Waals surface area (Å²) in [6, 6.07) is 10.6. The average molecular weight is 542 g/mol. The molecule has 38 heavy (non-hydrogen) atoms. The minimum absolute atomic E-state index is 0.0692. The number of fused-ring (bicyclic) bond motifs is 1. The number of hydrogen-bond acceptors (Lipinski definition) is 7. The first-order chi connectivity index (χ1) is 18.1. The summed E-state index contributed by atoms with van der Waals surface area (Å²) in [5.74, 6) is -2.92. The van der Waals surface area contributed by atoms with Crippen molar-refractivity contribution in [1.29, 1.82) is 0 Å². The monoisotopic (exact) mass is 541 g/mol. The van der Waals surface area contributed by atoms with Crippen LogP contribution in [0.4, 0.5) is 14.5 Å². The molecule has 2 aromatic carbocycles. The van der Waals surface area contributed by atoms with Crippen molar-refractivity contribution in [3.8, 4) is 22.9 Å². The smallest absolute Gasteiger partial charge is 0.251 e. The van der Waals surface area contributed by atoms with E-state index in [1.165, 1.54) is 22.7 Å². The van der Waals surface area contributed by atoms with Gasteiger partial charge in [0, 0.05) is 36.0 Å². The topological polar surface area (TPSA) is 115 Å². The van der Waals surface area contributed by atoms with Gasteiger partial charge < -0.3 is 15.4 Å². The third kappa shape index (κ3) is 5.59. The number of halogens is 2. The quantitative estimate of drug-likeness (QED) is 0.328. The molecular formula is C26H25F2N5O4S. The zero-order valence-corrected chi connectivity index (χ0v) is 21.5. The lowest BCUT2D eigenvalue weighted by atomic mass is 10.0. The maximum atomic E-state index is 14.3. The molecule has 1 aliphatic rings. The lowest BCUT2D eigenvalue weighted by Crippen LogP contribution is -2.26. The second-order valence-electron chi connectivity index (χ2n) is 9.26. The highest BCUT2D eigenvalue weighted by molar-refractivity contribution is 7.90. The second kappa shape index (κ2) is 10.0. The largest absolute Gasteiger partial charge is 0.434 e. The molecule has 1 fully saturated rings. The number of ether oxygens (including phenoxy) is 1. The molecule has 2 heterocycles. The molecule has 0 saturated heterocycles. The molecule has 5 rings (SSSR count). The van der Waals surface area contributed by atoms with Crippen LogP contribution in [0.15, 0.2) is 48.7 Å². The first kappa shape index (κ1) is 25.6. The van der Waals surface area contributed by atoms with E-state index in [0.717, 1.165) is 30.7 Å². The van der Waals surface area contributed by atoms with Crippen LogP contribution in [-0.4, -0.2) is 53.5 Å². The van der Waals surface area contributed by atoms with Crippen molar-refractivity contribution in [3.63, 3.8) is 0 Å². The number of amides is 1. The minimum Gasteiger partial charge on any atom is -0.434 e. The van der Waals surface area contributed by atoms with E-state index in [2.05, 4.69) is 20.7 Å². The number of hydrogen-bond donors (Lipinski definition) is 2. The Morgan fingerprint density at radius 1 is 1.18 bits per heavy atom.